The van der Waals surface area contributed by atoms with Crippen molar-refractivity contribution in [3.63, 3.8) is 0 Å². The van der Waals surface area contributed by atoms with Gasteiger partial charge >= 0.3 is 0 Å². The minimum absolute atomic E-state index is 0.101. The van der Waals surface area contributed by atoms with Crippen LogP contribution >= 0.6 is 0 Å². The Hall–Kier alpha value is -0.370. The first kappa shape index (κ1) is 10.7. The SMILES string of the molecule is CC[C@@H]1CC[C@H](C)N(C(C)C=O)C1. The number of aldehydes is 1. The van der Waals surface area contributed by atoms with E-state index >= 15 is 0 Å². The van der Waals surface area contributed by atoms with Gasteiger partial charge in [0.2, 0.25) is 0 Å². The number of carbonyl (C=O) groups is 1. The number of hydrogen-bond acceptors (Lipinski definition) is 2. The van der Waals surface area contributed by atoms with E-state index in [1.54, 1.807) is 0 Å². The minimum Gasteiger partial charge on any atom is -0.302 e. The quantitative estimate of drug-likeness (QED) is 0.624. The molecule has 1 heterocycles. The smallest absolute Gasteiger partial charge is 0.136 e. The highest BCUT2D eigenvalue weighted by atomic mass is 16.1. The second-order valence-corrected chi connectivity index (χ2v) is 4.27. The zero-order valence-electron chi connectivity index (χ0n) is 8.99. The average Bonchev–Trinajstić information content (AvgIpc) is 2.17. The zero-order valence-corrected chi connectivity index (χ0v) is 8.99. The lowest BCUT2D eigenvalue weighted by atomic mass is 9.90. The number of nitrogens with zero attached hydrogens (tertiary/aromatic N) is 1. The number of carbonyl (C=O) groups excluding carboxylic acids is 1. The van der Waals surface area contributed by atoms with Crippen molar-refractivity contribution >= 4 is 6.29 Å². The maximum absolute atomic E-state index is 10.7. The van der Waals surface area contributed by atoms with Crippen LogP contribution in [0.3, 0.4) is 0 Å². The molecule has 0 aromatic rings. The standard InChI is InChI=1S/C11H21NO/c1-4-11-6-5-9(2)12(7-11)10(3)8-13/h8-11H,4-7H2,1-3H3/t9-,10?,11+/m0/s1. The van der Waals surface area contributed by atoms with Crippen molar-refractivity contribution in [1.29, 1.82) is 0 Å². The van der Waals surface area contributed by atoms with E-state index in [9.17, 15) is 4.79 Å². The second-order valence-electron chi connectivity index (χ2n) is 4.27. The molecule has 0 aromatic carbocycles. The second kappa shape index (κ2) is 4.75. The van der Waals surface area contributed by atoms with Crippen LogP contribution in [0, 0.1) is 5.92 Å². The summed E-state index contributed by atoms with van der Waals surface area (Å²) in [6.07, 6.45) is 4.89. The van der Waals surface area contributed by atoms with Gasteiger partial charge in [0.15, 0.2) is 0 Å². The van der Waals surface area contributed by atoms with Crippen molar-refractivity contribution < 1.29 is 4.79 Å². The van der Waals surface area contributed by atoms with Gasteiger partial charge in [0.25, 0.3) is 0 Å². The normalized spacial score (nSPS) is 32.8. The van der Waals surface area contributed by atoms with E-state index in [0.29, 0.717) is 6.04 Å². The topological polar surface area (TPSA) is 20.3 Å². The van der Waals surface area contributed by atoms with Crippen LogP contribution in [0.4, 0.5) is 0 Å². The summed E-state index contributed by atoms with van der Waals surface area (Å²) in [6, 6.07) is 0.687. The number of likely N-dealkylation sites (tertiary alicyclic amines) is 1. The van der Waals surface area contributed by atoms with Gasteiger partial charge in [0.05, 0.1) is 6.04 Å². The fraction of sp³-hybridized carbons (Fsp3) is 0.909. The largest absolute Gasteiger partial charge is 0.302 e. The van der Waals surface area contributed by atoms with Crippen LogP contribution in [0.1, 0.15) is 40.0 Å². The Kier molecular flexibility index (Phi) is 3.91. The number of hydrogen-bond donors (Lipinski definition) is 0. The predicted molar refractivity (Wildman–Crippen MR) is 54.7 cm³/mol. The number of piperidine rings is 1. The van der Waals surface area contributed by atoms with E-state index in [0.717, 1.165) is 18.7 Å². The Morgan fingerprint density at radius 3 is 2.77 bits per heavy atom. The highest BCUT2D eigenvalue weighted by molar-refractivity contribution is 5.56. The molecule has 0 bridgehead atoms. The van der Waals surface area contributed by atoms with Gasteiger partial charge in [-0.1, -0.05) is 13.3 Å². The average molecular weight is 183 g/mol. The van der Waals surface area contributed by atoms with Crippen LogP contribution in [0.5, 0.6) is 0 Å². The monoisotopic (exact) mass is 183 g/mol. The molecule has 0 aromatic heterocycles. The summed E-state index contributed by atoms with van der Waals surface area (Å²) in [7, 11) is 0. The van der Waals surface area contributed by atoms with E-state index in [1.807, 2.05) is 6.92 Å². The highest BCUT2D eigenvalue weighted by Crippen LogP contribution is 2.25. The van der Waals surface area contributed by atoms with Gasteiger partial charge in [0, 0.05) is 12.6 Å². The lowest BCUT2D eigenvalue weighted by molar-refractivity contribution is -0.113. The summed E-state index contributed by atoms with van der Waals surface area (Å²) < 4.78 is 0. The molecular weight excluding hydrogens is 162 g/mol. The van der Waals surface area contributed by atoms with Crippen molar-refractivity contribution in [2.45, 2.75) is 52.1 Å². The third kappa shape index (κ3) is 2.53. The molecule has 0 radical (unpaired) electrons. The molecule has 1 fully saturated rings. The van der Waals surface area contributed by atoms with Crippen LogP contribution in [-0.4, -0.2) is 29.8 Å². The van der Waals surface area contributed by atoms with Gasteiger partial charge in [-0.2, -0.15) is 0 Å². The zero-order chi connectivity index (χ0) is 9.84. The first-order valence-corrected chi connectivity index (χ1v) is 5.40. The number of rotatable bonds is 3. The molecule has 0 spiro atoms. The molecule has 0 saturated carbocycles. The Morgan fingerprint density at radius 1 is 1.54 bits per heavy atom. The molecule has 0 aliphatic carbocycles. The lowest BCUT2D eigenvalue weighted by Gasteiger charge is -2.39. The van der Waals surface area contributed by atoms with E-state index in [2.05, 4.69) is 18.7 Å². The molecule has 2 nitrogen and oxygen atoms in total. The summed E-state index contributed by atoms with van der Waals surface area (Å²) in [4.78, 5) is 13.0. The summed E-state index contributed by atoms with van der Waals surface area (Å²) in [5.74, 6) is 0.804. The molecular formula is C11H21NO. The van der Waals surface area contributed by atoms with Gasteiger partial charge in [-0.3, -0.25) is 4.90 Å². The molecule has 76 valence electrons. The van der Waals surface area contributed by atoms with Gasteiger partial charge in [-0.05, 0) is 32.6 Å². The van der Waals surface area contributed by atoms with Crippen LogP contribution in [0.25, 0.3) is 0 Å². The lowest BCUT2D eigenvalue weighted by Crippen LogP contribution is -2.47. The molecule has 0 N–H and O–H groups in total. The molecule has 2 heteroatoms. The highest BCUT2D eigenvalue weighted by Gasteiger charge is 2.27. The van der Waals surface area contributed by atoms with Gasteiger partial charge < -0.3 is 4.79 Å². The van der Waals surface area contributed by atoms with Crippen molar-refractivity contribution in [2.75, 3.05) is 6.54 Å². The molecule has 1 unspecified atom stereocenters. The Bertz CT molecular complexity index is 169. The first-order valence-electron chi connectivity index (χ1n) is 5.40. The molecule has 3 atom stereocenters. The van der Waals surface area contributed by atoms with Gasteiger partial charge in [-0.15, -0.1) is 0 Å². The summed E-state index contributed by atoms with van der Waals surface area (Å²) in [5, 5.41) is 0. The molecule has 13 heavy (non-hydrogen) atoms. The molecule has 1 aliphatic rings. The minimum atomic E-state index is 0.101. The van der Waals surface area contributed by atoms with E-state index in [1.165, 1.54) is 19.3 Å². The van der Waals surface area contributed by atoms with Crippen molar-refractivity contribution in [3.8, 4) is 0 Å². The maximum atomic E-state index is 10.7. The maximum Gasteiger partial charge on any atom is 0.136 e. The van der Waals surface area contributed by atoms with Crippen molar-refractivity contribution in [3.05, 3.63) is 0 Å². The molecule has 1 rings (SSSR count). The van der Waals surface area contributed by atoms with Gasteiger partial charge in [0.1, 0.15) is 6.29 Å². The molecule has 0 amide bonds. The van der Waals surface area contributed by atoms with E-state index in [4.69, 9.17) is 0 Å². The third-order valence-corrected chi connectivity index (χ3v) is 3.33. The summed E-state index contributed by atoms with van der Waals surface area (Å²) in [6.45, 7) is 7.58. The van der Waals surface area contributed by atoms with Crippen LogP contribution in [0.15, 0.2) is 0 Å². The van der Waals surface area contributed by atoms with Crippen molar-refractivity contribution in [1.82, 2.24) is 4.90 Å². The summed E-state index contributed by atoms with van der Waals surface area (Å²) in [5.41, 5.74) is 0. The van der Waals surface area contributed by atoms with Crippen LogP contribution < -0.4 is 0 Å². The van der Waals surface area contributed by atoms with E-state index in [-0.39, 0.29) is 6.04 Å². The third-order valence-electron chi connectivity index (χ3n) is 3.33. The first-order chi connectivity index (χ1) is 6.19. The fourth-order valence-electron chi connectivity index (χ4n) is 2.19. The Balaban J connectivity index is 2.54. The van der Waals surface area contributed by atoms with Gasteiger partial charge in [-0.25, -0.2) is 0 Å². The molecule has 1 saturated heterocycles. The van der Waals surface area contributed by atoms with Crippen molar-refractivity contribution in [2.24, 2.45) is 5.92 Å². The Labute approximate surface area is 81.3 Å². The van der Waals surface area contributed by atoms with E-state index < -0.39 is 0 Å². The predicted octanol–water partition coefficient (Wildman–Crippen LogP) is 2.08. The summed E-state index contributed by atoms with van der Waals surface area (Å²) >= 11 is 0. The van der Waals surface area contributed by atoms with Crippen LogP contribution in [-0.2, 0) is 4.79 Å². The molecule has 1 aliphatic heterocycles. The van der Waals surface area contributed by atoms with Crippen LogP contribution in [0.2, 0.25) is 0 Å². The Morgan fingerprint density at radius 2 is 2.23 bits per heavy atom. The fourth-order valence-corrected chi connectivity index (χ4v) is 2.19.